The first-order valence-corrected chi connectivity index (χ1v) is 10.0. The number of ether oxygens (including phenoxy) is 2. The maximum atomic E-state index is 12.8. The summed E-state index contributed by atoms with van der Waals surface area (Å²) in [6, 6.07) is 14.9. The fourth-order valence-electron chi connectivity index (χ4n) is 3.67. The van der Waals surface area contributed by atoms with Crippen molar-refractivity contribution in [2.75, 3.05) is 32.2 Å². The summed E-state index contributed by atoms with van der Waals surface area (Å²) in [6.45, 7) is 1.49. The molecule has 2 N–H and O–H groups in total. The zero-order valence-electron chi connectivity index (χ0n) is 16.8. The SMILES string of the molecule is COc1cccc(C(=O)NC2CCN(c3cc(-c4ccc(Cl)cc4)[nH]n3)C2)c1OC. The minimum atomic E-state index is -0.179. The van der Waals surface area contributed by atoms with E-state index < -0.39 is 0 Å². The third kappa shape index (κ3) is 4.07. The molecule has 1 aliphatic rings. The summed E-state index contributed by atoms with van der Waals surface area (Å²) in [7, 11) is 3.08. The number of hydrogen-bond acceptors (Lipinski definition) is 5. The average Bonchev–Trinajstić information content (AvgIpc) is 3.43. The second-order valence-electron chi connectivity index (χ2n) is 7.09. The highest BCUT2D eigenvalue weighted by atomic mass is 35.5. The quantitative estimate of drug-likeness (QED) is 0.627. The van der Waals surface area contributed by atoms with Gasteiger partial charge in [0.2, 0.25) is 0 Å². The standard InChI is InChI=1S/C22H23ClN4O3/c1-29-19-5-3-4-17(21(19)30-2)22(28)24-16-10-11-27(13-16)20-12-18(25-26-20)14-6-8-15(23)9-7-14/h3-9,12,16H,10-11,13H2,1-2H3,(H,24,28)(H,25,26). The maximum Gasteiger partial charge on any atom is 0.255 e. The van der Waals surface area contributed by atoms with Gasteiger partial charge in [0.1, 0.15) is 0 Å². The van der Waals surface area contributed by atoms with Gasteiger partial charge in [-0.1, -0.05) is 29.8 Å². The Morgan fingerprint density at radius 3 is 2.73 bits per heavy atom. The van der Waals surface area contributed by atoms with Gasteiger partial charge in [-0.3, -0.25) is 9.89 Å². The Hall–Kier alpha value is -3.19. The van der Waals surface area contributed by atoms with Gasteiger partial charge in [0.25, 0.3) is 5.91 Å². The van der Waals surface area contributed by atoms with E-state index in [0.29, 0.717) is 28.6 Å². The Morgan fingerprint density at radius 1 is 1.20 bits per heavy atom. The van der Waals surface area contributed by atoms with Crippen molar-refractivity contribution in [1.82, 2.24) is 15.5 Å². The van der Waals surface area contributed by atoms with E-state index in [1.165, 1.54) is 7.11 Å². The van der Waals surface area contributed by atoms with Gasteiger partial charge in [-0.15, -0.1) is 0 Å². The molecule has 0 radical (unpaired) electrons. The van der Waals surface area contributed by atoms with E-state index in [2.05, 4.69) is 20.4 Å². The third-order valence-electron chi connectivity index (χ3n) is 5.21. The topological polar surface area (TPSA) is 79.5 Å². The number of aromatic amines is 1. The Bertz CT molecular complexity index is 1040. The van der Waals surface area contributed by atoms with E-state index in [4.69, 9.17) is 21.1 Å². The number of hydrogen-bond donors (Lipinski definition) is 2. The van der Waals surface area contributed by atoms with Gasteiger partial charge in [0.05, 0.1) is 25.5 Å². The molecule has 1 atom stereocenters. The summed E-state index contributed by atoms with van der Waals surface area (Å²) in [5.74, 6) is 1.65. The first-order valence-electron chi connectivity index (χ1n) is 9.67. The smallest absolute Gasteiger partial charge is 0.255 e. The lowest BCUT2D eigenvalue weighted by Gasteiger charge is -2.17. The predicted octanol–water partition coefficient (Wildman–Crippen LogP) is 3.76. The van der Waals surface area contributed by atoms with Gasteiger partial charge in [-0.05, 0) is 36.2 Å². The van der Waals surface area contributed by atoms with Gasteiger partial charge in [0.15, 0.2) is 17.3 Å². The van der Waals surface area contributed by atoms with Gasteiger partial charge in [0, 0.05) is 30.2 Å². The number of anilines is 1. The zero-order valence-corrected chi connectivity index (χ0v) is 17.6. The average molecular weight is 427 g/mol. The van der Waals surface area contributed by atoms with Crippen molar-refractivity contribution in [2.45, 2.75) is 12.5 Å². The van der Waals surface area contributed by atoms with Crippen LogP contribution in [0.2, 0.25) is 5.02 Å². The monoisotopic (exact) mass is 426 g/mol. The molecule has 30 heavy (non-hydrogen) atoms. The minimum absolute atomic E-state index is 0.0177. The molecule has 0 aliphatic carbocycles. The molecule has 1 fully saturated rings. The molecule has 8 heteroatoms. The van der Waals surface area contributed by atoms with Crippen LogP contribution in [0.1, 0.15) is 16.8 Å². The summed E-state index contributed by atoms with van der Waals surface area (Å²) in [6.07, 6.45) is 0.834. The summed E-state index contributed by atoms with van der Waals surface area (Å²) < 4.78 is 10.7. The third-order valence-corrected chi connectivity index (χ3v) is 5.47. The highest BCUT2D eigenvalue weighted by Gasteiger charge is 2.27. The molecule has 1 aliphatic heterocycles. The number of halogens is 1. The van der Waals surface area contributed by atoms with Gasteiger partial charge >= 0.3 is 0 Å². The van der Waals surface area contributed by atoms with Crippen LogP contribution in [-0.2, 0) is 0 Å². The lowest BCUT2D eigenvalue weighted by atomic mass is 10.1. The number of benzene rings is 2. The number of nitrogens with zero attached hydrogens (tertiary/aromatic N) is 2. The van der Waals surface area contributed by atoms with Crippen molar-refractivity contribution in [1.29, 1.82) is 0 Å². The van der Waals surface area contributed by atoms with Crippen LogP contribution in [0.25, 0.3) is 11.3 Å². The largest absolute Gasteiger partial charge is 0.493 e. The van der Waals surface area contributed by atoms with Crippen LogP contribution in [0.5, 0.6) is 11.5 Å². The summed E-state index contributed by atoms with van der Waals surface area (Å²) in [5.41, 5.74) is 2.41. The Morgan fingerprint density at radius 2 is 2.00 bits per heavy atom. The van der Waals surface area contributed by atoms with Crippen molar-refractivity contribution >= 4 is 23.3 Å². The van der Waals surface area contributed by atoms with E-state index in [0.717, 1.165) is 30.0 Å². The molecule has 7 nitrogen and oxygen atoms in total. The van der Waals surface area contributed by atoms with Gasteiger partial charge in [-0.2, -0.15) is 5.10 Å². The van der Waals surface area contributed by atoms with Crippen LogP contribution in [0.15, 0.2) is 48.5 Å². The molecule has 2 heterocycles. The molecule has 1 amide bonds. The van der Waals surface area contributed by atoms with Crippen LogP contribution in [0, 0.1) is 0 Å². The Balaban J connectivity index is 1.42. The molecule has 1 unspecified atom stereocenters. The number of aromatic nitrogens is 2. The summed E-state index contributed by atoms with van der Waals surface area (Å²) in [5, 5.41) is 11.3. The molecular formula is C22H23ClN4O3. The highest BCUT2D eigenvalue weighted by molar-refractivity contribution is 6.30. The van der Waals surface area contributed by atoms with E-state index in [1.807, 2.05) is 30.3 Å². The van der Waals surface area contributed by atoms with E-state index >= 15 is 0 Å². The highest BCUT2D eigenvalue weighted by Crippen LogP contribution is 2.31. The minimum Gasteiger partial charge on any atom is -0.493 e. The van der Waals surface area contributed by atoms with Crippen molar-refractivity contribution in [3.63, 3.8) is 0 Å². The van der Waals surface area contributed by atoms with Crippen LogP contribution < -0.4 is 19.7 Å². The first kappa shape index (κ1) is 20.1. The van der Waals surface area contributed by atoms with Crippen molar-refractivity contribution in [2.24, 2.45) is 0 Å². The number of rotatable bonds is 6. The number of carbonyl (C=O) groups is 1. The molecule has 156 valence electrons. The van der Waals surface area contributed by atoms with E-state index in [9.17, 15) is 4.79 Å². The molecule has 0 saturated carbocycles. The number of carbonyl (C=O) groups excluding carboxylic acids is 1. The van der Waals surface area contributed by atoms with Crippen LogP contribution >= 0.6 is 11.6 Å². The van der Waals surface area contributed by atoms with Crippen molar-refractivity contribution in [3.8, 4) is 22.8 Å². The zero-order chi connectivity index (χ0) is 21.1. The number of methoxy groups -OCH3 is 2. The first-order chi connectivity index (χ1) is 14.6. The molecule has 4 rings (SSSR count). The van der Waals surface area contributed by atoms with Crippen molar-refractivity contribution in [3.05, 3.63) is 59.1 Å². The van der Waals surface area contributed by atoms with Gasteiger partial charge < -0.3 is 19.7 Å². The number of para-hydroxylation sites is 1. The molecule has 0 bridgehead atoms. The molecule has 1 aromatic heterocycles. The van der Waals surface area contributed by atoms with E-state index in [-0.39, 0.29) is 11.9 Å². The van der Waals surface area contributed by atoms with E-state index in [1.54, 1.807) is 25.3 Å². The lowest BCUT2D eigenvalue weighted by molar-refractivity contribution is 0.0936. The molecule has 3 aromatic rings. The molecular weight excluding hydrogens is 404 g/mol. The fraction of sp³-hybridized carbons (Fsp3) is 0.273. The molecule has 2 aromatic carbocycles. The molecule has 1 saturated heterocycles. The fourth-order valence-corrected chi connectivity index (χ4v) is 3.79. The lowest BCUT2D eigenvalue weighted by Crippen LogP contribution is -2.37. The number of H-pyrrole nitrogens is 1. The molecule has 0 spiro atoms. The predicted molar refractivity (Wildman–Crippen MR) is 117 cm³/mol. The second kappa shape index (κ2) is 8.67. The number of amides is 1. The van der Waals surface area contributed by atoms with Crippen LogP contribution in [0.4, 0.5) is 5.82 Å². The van der Waals surface area contributed by atoms with Crippen LogP contribution in [0.3, 0.4) is 0 Å². The van der Waals surface area contributed by atoms with Crippen molar-refractivity contribution < 1.29 is 14.3 Å². The normalized spacial score (nSPS) is 15.8. The second-order valence-corrected chi connectivity index (χ2v) is 7.53. The van der Waals surface area contributed by atoms with Crippen LogP contribution in [-0.4, -0.2) is 49.5 Å². The maximum absolute atomic E-state index is 12.8. The Kier molecular flexibility index (Phi) is 5.81. The summed E-state index contributed by atoms with van der Waals surface area (Å²) in [4.78, 5) is 15.0. The number of nitrogens with one attached hydrogen (secondary N) is 2. The van der Waals surface area contributed by atoms with Gasteiger partial charge in [-0.25, -0.2) is 0 Å². The Labute approximate surface area is 179 Å². The summed E-state index contributed by atoms with van der Waals surface area (Å²) >= 11 is 5.96.